The molecular formula is C9H12N2O2. The summed E-state index contributed by atoms with van der Waals surface area (Å²) in [5.41, 5.74) is 0.478. The largest absolute Gasteiger partial charge is 0.385 e. The van der Waals surface area contributed by atoms with Crippen molar-refractivity contribution >= 4 is 5.78 Å². The molecule has 0 saturated heterocycles. The van der Waals surface area contributed by atoms with Gasteiger partial charge in [-0.1, -0.05) is 0 Å². The zero-order chi connectivity index (χ0) is 9.52. The predicted octanol–water partition coefficient (Wildman–Crippen LogP) is 1.09. The van der Waals surface area contributed by atoms with Gasteiger partial charge in [-0.05, 0) is 12.5 Å². The average Bonchev–Trinajstić information content (AvgIpc) is 2.19. The van der Waals surface area contributed by atoms with E-state index < -0.39 is 0 Å². The monoisotopic (exact) mass is 180 g/mol. The highest BCUT2D eigenvalue weighted by Gasteiger charge is 2.05. The summed E-state index contributed by atoms with van der Waals surface area (Å²) in [7, 11) is 1.62. The lowest BCUT2D eigenvalue weighted by molar-refractivity contribution is 0.0958. The normalized spacial score (nSPS) is 9.92. The van der Waals surface area contributed by atoms with Crippen LogP contribution in [0.15, 0.2) is 18.6 Å². The number of hydrogen-bond acceptors (Lipinski definition) is 4. The van der Waals surface area contributed by atoms with Crippen LogP contribution in [0.5, 0.6) is 0 Å². The van der Waals surface area contributed by atoms with Gasteiger partial charge in [-0.15, -0.1) is 0 Å². The van der Waals surface area contributed by atoms with Gasteiger partial charge < -0.3 is 4.74 Å². The van der Waals surface area contributed by atoms with Crippen LogP contribution in [0.25, 0.3) is 0 Å². The number of carbonyl (C=O) groups excluding carboxylic acids is 1. The Balaban J connectivity index is 2.40. The molecule has 1 rings (SSSR count). The first-order chi connectivity index (χ1) is 6.34. The quantitative estimate of drug-likeness (QED) is 0.502. The van der Waals surface area contributed by atoms with E-state index in [2.05, 4.69) is 9.97 Å². The molecule has 4 nitrogen and oxygen atoms in total. The number of aromatic nitrogens is 2. The zero-order valence-electron chi connectivity index (χ0n) is 7.56. The number of methoxy groups -OCH3 is 1. The Morgan fingerprint density at radius 2 is 2.46 bits per heavy atom. The van der Waals surface area contributed by atoms with Crippen LogP contribution >= 0.6 is 0 Å². The number of rotatable bonds is 5. The summed E-state index contributed by atoms with van der Waals surface area (Å²) in [6, 6.07) is 1.62. The second-order valence-corrected chi connectivity index (χ2v) is 2.61. The van der Waals surface area contributed by atoms with E-state index in [0.29, 0.717) is 18.7 Å². The van der Waals surface area contributed by atoms with Gasteiger partial charge in [0.05, 0.1) is 0 Å². The third-order valence-corrected chi connectivity index (χ3v) is 1.62. The summed E-state index contributed by atoms with van der Waals surface area (Å²) < 4.78 is 4.84. The number of ether oxygens (including phenoxy) is 1. The van der Waals surface area contributed by atoms with Gasteiger partial charge in [0.15, 0.2) is 5.78 Å². The topological polar surface area (TPSA) is 52.1 Å². The van der Waals surface area contributed by atoms with Gasteiger partial charge in [0.25, 0.3) is 0 Å². The second-order valence-electron chi connectivity index (χ2n) is 2.61. The minimum absolute atomic E-state index is 0.0412. The van der Waals surface area contributed by atoms with E-state index in [1.54, 1.807) is 19.4 Å². The molecule has 1 aromatic rings. The molecule has 0 atom stereocenters. The highest BCUT2D eigenvalue weighted by molar-refractivity contribution is 5.93. The van der Waals surface area contributed by atoms with E-state index in [-0.39, 0.29) is 5.78 Å². The van der Waals surface area contributed by atoms with Crippen molar-refractivity contribution in [2.24, 2.45) is 0 Å². The SMILES string of the molecule is COCCCC(=O)c1ccncn1. The fraction of sp³-hybridized carbons (Fsp3) is 0.444. The average molecular weight is 180 g/mol. The number of Topliss-reactive ketones (excluding diaryl/α,β-unsaturated/α-hetero) is 1. The van der Waals surface area contributed by atoms with Gasteiger partial charge in [-0.2, -0.15) is 0 Å². The van der Waals surface area contributed by atoms with E-state index in [9.17, 15) is 4.79 Å². The van der Waals surface area contributed by atoms with Crippen LogP contribution < -0.4 is 0 Å². The molecule has 4 heteroatoms. The minimum atomic E-state index is 0.0412. The molecule has 1 heterocycles. The fourth-order valence-corrected chi connectivity index (χ4v) is 0.961. The number of nitrogens with zero attached hydrogens (tertiary/aromatic N) is 2. The van der Waals surface area contributed by atoms with Gasteiger partial charge in [-0.25, -0.2) is 9.97 Å². The molecule has 0 N–H and O–H groups in total. The van der Waals surface area contributed by atoms with Crippen LogP contribution in [0, 0.1) is 0 Å². The Morgan fingerprint density at radius 3 is 3.08 bits per heavy atom. The van der Waals surface area contributed by atoms with Crippen molar-refractivity contribution < 1.29 is 9.53 Å². The highest BCUT2D eigenvalue weighted by Crippen LogP contribution is 2.00. The third kappa shape index (κ3) is 3.29. The molecule has 13 heavy (non-hydrogen) atoms. The molecule has 0 fully saturated rings. The van der Waals surface area contributed by atoms with Crippen molar-refractivity contribution in [1.29, 1.82) is 0 Å². The van der Waals surface area contributed by atoms with Crippen LogP contribution in [0.3, 0.4) is 0 Å². The molecule has 0 amide bonds. The maximum atomic E-state index is 11.4. The van der Waals surface area contributed by atoms with Gasteiger partial charge in [0, 0.05) is 26.3 Å². The van der Waals surface area contributed by atoms with Crippen molar-refractivity contribution in [2.75, 3.05) is 13.7 Å². The molecule has 0 aliphatic heterocycles. The molecule has 0 bridgehead atoms. The molecule has 0 aliphatic rings. The number of carbonyl (C=O) groups is 1. The summed E-state index contributed by atoms with van der Waals surface area (Å²) in [5, 5.41) is 0. The summed E-state index contributed by atoms with van der Waals surface area (Å²) >= 11 is 0. The van der Waals surface area contributed by atoms with E-state index >= 15 is 0 Å². The van der Waals surface area contributed by atoms with E-state index in [0.717, 1.165) is 6.42 Å². The lowest BCUT2D eigenvalue weighted by Gasteiger charge is -1.98. The molecule has 0 unspecified atom stereocenters. The van der Waals surface area contributed by atoms with Crippen molar-refractivity contribution in [1.82, 2.24) is 9.97 Å². The Bertz CT molecular complexity index is 262. The molecule has 0 spiro atoms. The van der Waals surface area contributed by atoms with Crippen LogP contribution in [0.1, 0.15) is 23.3 Å². The zero-order valence-corrected chi connectivity index (χ0v) is 7.56. The van der Waals surface area contributed by atoms with Gasteiger partial charge in [0.1, 0.15) is 12.0 Å². The fourth-order valence-electron chi connectivity index (χ4n) is 0.961. The molecule has 0 saturated carbocycles. The van der Waals surface area contributed by atoms with Crippen LogP contribution in [-0.2, 0) is 4.74 Å². The lowest BCUT2D eigenvalue weighted by Crippen LogP contribution is -2.03. The van der Waals surface area contributed by atoms with Crippen molar-refractivity contribution in [3.05, 3.63) is 24.3 Å². The molecule has 70 valence electrons. The number of ketones is 1. The first-order valence-electron chi connectivity index (χ1n) is 4.12. The summed E-state index contributed by atoms with van der Waals surface area (Å²) in [5.74, 6) is 0.0412. The van der Waals surface area contributed by atoms with Crippen molar-refractivity contribution in [2.45, 2.75) is 12.8 Å². The minimum Gasteiger partial charge on any atom is -0.385 e. The van der Waals surface area contributed by atoms with Gasteiger partial charge in [-0.3, -0.25) is 4.79 Å². The van der Waals surface area contributed by atoms with Crippen molar-refractivity contribution in [3.8, 4) is 0 Å². The Hall–Kier alpha value is -1.29. The molecular weight excluding hydrogens is 168 g/mol. The maximum Gasteiger partial charge on any atom is 0.181 e. The Labute approximate surface area is 77.0 Å². The maximum absolute atomic E-state index is 11.4. The molecule has 1 aromatic heterocycles. The first kappa shape index (κ1) is 9.80. The third-order valence-electron chi connectivity index (χ3n) is 1.62. The summed E-state index contributed by atoms with van der Waals surface area (Å²) in [6.07, 6.45) is 4.16. The smallest absolute Gasteiger partial charge is 0.181 e. The molecule has 0 aliphatic carbocycles. The van der Waals surface area contributed by atoms with Crippen molar-refractivity contribution in [3.63, 3.8) is 0 Å². The summed E-state index contributed by atoms with van der Waals surface area (Å²) in [4.78, 5) is 19.0. The molecule has 0 radical (unpaired) electrons. The van der Waals surface area contributed by atoms with E-state index in [4.69, 9.17) is 4.74 Å². The van der Waals surface area contributed by atoms with Crippen LogP contribution in [-0.4, -0.2) is 29.5 Å². The predicted molar refractivity (Wildman–Crippen MR) is 47.5 cm³/mol. The van der Waals surface area contributed by atoms with E-state index in [1.165, 1.54) is 6.33 Å². The van der Waals surface area contributed by atoms with Gasteiger partial charge in [0.2, 0.25) is 0 Å². The molecule has 0 aromatic carbocycles. The van der Waals surface area contributed by atoms with E-state index in [1.807, 2.05) is 0 Å². The lowest BCUT2D eigenvalue weighted by atomic mass is 10.2. The first-order valence-corrected chi connectivity index (χ1v) is 4.12. The highest BCUT2D eigenvalue weighted by atomic mass is 16.5. The number of hydrogen-bond donors (Lipinski definition) is 0. The second kappa shape index (κ2) is 5.37. The van der Waals surface area contributed by atoms with Crippen LogP contribution in [0.2, 0.25) is 0 Å². The standard InChI is InChI=1S/C9H12N2O2/c1-13-6-2-3-9(12)8-4-5-10-7-11-8/h4-5,7H,2-3,6H2,1H3. The van der Waals surface area contributed by atoms with Crippen LogP contribution in [0.4, 0.5) is 0 Å². The Morgan fingerprint density at radius 1 is 1.62 bits per heavy atom. The summed E-state index contributed by atoms with van der Waals surface area (Å²) in [6.45, 7) is 0.608. The Kier molecular flexibility index (Phi) is 4.05. The van der Waals surface area contributed by atoms with Gasteiger partial charge >= 0.3 is 0 Å².